The van der Waals surface area contributed by atoms with E-state index in [0.717, 1.165) is 12.8 Å². The van der Waals surface area contributed by atoms with Crippen LogP contribution in [0.5, 0.6) is 11.5 Å². The summed E-state index contributed by atoms with van der Waals surface area (Å²) in [5.41, 5.74) is 2.20. The molecule has 0 bridgehead atoms. The molecule has 30 heavy (non-hydrogen) atoms. The van der Waals surface area contributed by atoms with Crippen LogP contribution in [0.25, 0.3) is 12.2 Å². The van der Waals surface area contributed by atoms with E-state index < -0.39 is 5.60 Å². The maximum atomic E-state index is 12.6. The van der Waals surface area contributed by atoms with Gasteiger partial charge >= 0.3 is 0 Å². The maximum Gasteiger partial charge on any atom is 0.189 e. The Labute approximate surface area is 187 Å². The minimum Gasteiger partial charge on any atom is -0.506 e. The van der Waals surface area contributed by atoms with E-state index in [9.17, 15) is 9.90 Å². The van der Waals surface area contributed by atoms with Crippen LogP contribution in [-0.2, 0) is 0 Å². The van der Waals surface area contributed by atoms with Crippen molar-refractivity contribution >= 4 is 41.1 Å². The molecule has 0 aromatic heterocycles. The summed E-state index contributed by atoms with van der Waals surface area (Å²) in [7, 11) is 0. The van der Waals surface area contributed by atoms with Crippen molar-refractivity contribution in [1.82, 2.24) is 0 Å². The molecule has 0 amide bonds. The van der Waals surface area contributed by atoms with Gasteiger partial charge in [-0.2, -0.15) is 0 Å². The Kier molecular flexibility index (Phi) is 6.74. The van der Waals surface area contributed by atoms with Crippen molar-refractivity contribution in [3.8, 4) is 11.5 Å². The second-order valence-electron chi connectivity index (χ2n) is 7.81. The molecule has 156 valence electrons. The second-order valence-corrected chi connectivity index (χ2v) is 8.65. The molecule has 2 aromatic carbocycles. The molecule has 0 saturated heterocycles. The summed E-state index contributed by atoms with van der Waals surface area (Å²) in [6.45, 7) is 6.15. The lowest BCUT2D eigenvalue weighted by atomic mass is 9.93. The van der Waals surface area contributed by atoms with Crippen molar-refractivity contribution in [2.45, 2.75) is 39.2 Å². The molecule has 1 aliphatic rings. The average Bonchev–Trinajstić information content (AvgIpc) is 2.66. The van der Waals surface area contributed by atoms with Gasteiger partial charge in [0.25, 0.3) is 0 Å². The van der Waals surface area contributed by atoms with Crippen LogP contribution in [0.15, 0.2) is 54.1 Å². The summed E-state index contributed by atoms with van der Waals surface area (Å²) in [4.78, 5) is 12.6. The van der Waals surface area contributed by atoms with Gasteiger partial charge in [-0.05, 0) is 87.7 Å². The first-order chi connectivity index (χ1) is 14.2. The Balaban J connectivity index is 1.80. The number of aromatic hydroxyl groups is 1. The number of phenolic OH excluding ortho intramolecular Hbond substituents is 1. The molecule has 0 fully saturated rings. The van der Waals surface area contributed by atoms with Crippen LogP contribution in [0.3, 0.4) is 0 Å². The summed E-state index contributed by atoms with van der Waals surface area (Å²) < 4.78 is 6.14. The fraction of sp³-hybridized carbons (Fsp3) is 0.240. The molecule has 1 aliphatic heterocycles. The topological polar surface area (TPSA) is 46.5 Å². The molecule has 1 N–H and O–H groups in total. The Bertz CT molecular complexity index is 1060. The third-order valence-electron chi connectivity index (χ3n) is 4.96. The van der Waals surface area contributed by atoms with E-state index >= 15 is 0 Å². The zero-order valence-corrected chi connectivity index (χ0v) is 18.7. The van der Waals surface area contributed by atoms with Crippen molar-refractivity contribution in [2.24, 2.45) is 0 Å². The first-order valence-electron chi connectivity index (χ1n) is 9.73. The van der Waals surface area contributed by atoms with Crippen LogP contribution >= 0.6 is 23.2 Å². The van der Waals surface area contributed by atoms with Crippen LogP contribution in [0, 0.1) is 0 Å². The smallest absolute Gasteiger partial charge is 0.189 e. The van der Waals surface area contributed by atoms with Gasteiger partial charge in [0.2, 0.25) is 0 Å². The van der Waals surface area contributed by atoms with Gasteiger partial charge in [0.05, 0.1) is 11.1 Å². The predicted molar refractivity (Wildman–Crippen MR) is 125 cm³/mol. The Morgan fingerprint density at radius 3 is 2.67 bits per heavy atom. The Hall–Kier alpha value is -2.49. The maximum absolute atomic E-state index is 12.6. The number of rotatable bonds is 6. The van der Waals surface area contributed by atoms with Crippen LogP contribution in [0.2, 0.25) is 10.0 Å². The monoisotopic (exact) mass is 442 g/mol. The molecule has 3 nitrogen and oxygen atoms in total. The van der Waals surface area contributed by atoms with Gasteiger partial charge in [0, 0.05) is 10.0 Å². The number of hydrogen-bond acceptors (Lipinski definition) is 3. The van der Waals surface area contributed by atoms with Gasteiger partial charge in [0.15, 0.2) is 5.78 Å². The molecule has 5 heteroatoms. The fourth-order valence-corrected chi connectivity index (χ4v) is 3.73. The minimum atomic E-state index is -0.456. The highest BCUT2D eigenvalue weighted by molar-refractivity contribution is 6.35. The number of allylic oxidation sites excluding steroid dienone is 3. The minimum absolute atomic E-state index is 0.0908. The molecule has 0 radical (unpaired) electrons. The van der Waals surface area contributed by atoms with Crippen molar-refractivity contribution in [3.63, 3.8) is 0 Å². The Morgan fingerprint density at radius 1 is 1.20 bits per heavy atom. The third-order valence-corrected chi connectivity index (χ3v) is 5.52. The molecule has 2 aromatic rings. The number of ether oxygens (including phenoxy) is 1. The van der Waals surface area contributed by atoms with Gasteiger partial charge in [-0.3, -0.25) is 4.79 Å². The van der Waals surface area contributed by atoms with Gasteiger partial charge in [-0.15, -0.1) is 0 Å². The number of ketones is 1. The lowest BCUT2D eigenvalue weighted by Gasteiger charge is -2.32. The quantitative estimate of drug-likeness (QED) is 0.286. The molecule has 0 saturated carbocycles. The van der Waals surface area contributed by atoms with Crippen LogP contribution in [-0.4, -0.2) is 16.5 Å². The zero-order valence-electron chi connectivity index (χ0n) is 17.2. The third kappa shape index (κ3) is 5.16. The highest BCUT2D eigenvalue weighted by Gasteiger charge is 2.29. The highest BCUT2D eigenvalue weighted by atomic mass is 35.5. The van der Waals surface area contributed by atoms with E-state index in [2.05, 4.69) is 19.9 Å². The first-order valence-corrected chi connectivity index (χ1v) is 10.5. The van der Waals surface area contributed by atoms with Gasteiger partial charge in [-0.1, -0.05) is 40.9 Å². The normalized spacial score (nSPS) is 17.5. The first kappa shape index (κ1) is 22.2. The molecular formula is C25H24Cl2O3. The summed E-state index contributed by atoms with van der Waals surface area (Å²) in [5.74, 6) is 0.148. The van der Waals surface area contributed by atoms with Crippen LogP contribution in [0.1, 0.15) is 55.1 Å². The molecule has 1 atom stereocenters. The van der Waals surface area contributed by atoms with E-state index in [1.165, 1.54) is 11.6 Å². The molecule has 3 rings (SSSR count). The number of hydrogen-bond donors (Lipinski definition) is 1. The average molecular weight is 443 g/mol. The Morgan fingerprint density at radius 2 is 1.97 bits per heavy atom. The number of phenols is 1. The molecule has 0 aliphatic carbocycles. The van der Waals surface area contributed by atoms with Crippen molar-refractivity contribution < 1.29 is 14.6 Å². The van der Waals surface area contributed by atoms with E-state index in [1.54, 1.807) is 36.4 Å². The summed E-state index contributed by atoms with van der Waals surface area (Å²) in [6.07, 6.45) is 10.6. The standard InChI is InChI=1S/C25H24Cl2O3/c1-16(2)5-4-13-25(3)14-12-20-23(30-25)11-9-19(24(20)29)22(28)10-7-17-6-8-18(26)15-21(17)27/h5-12,14-15,29H,4,13H2,1-3H3/b10-7+. The molecule has 1 unspecified atom stereocenters. The largest absolute Gasteiger partial charge is 0.506 e. The van der Waals surface area contributed by atoms with Crippen LogP contribution < -0.4 is 4.74 Å². The van der Waals surface area contributed by atoms with Crippen molar-refractivity contribution in [2.75, 3.05) is 0 Å². The van der Waals surface area contributed by atoms with Gasteiger partial charge in [-0.25, -0.2) is 0 Å². The zero-order chi connectivity index (χ0) is 21.9. The highest BCUT2D eigenvalue weighted by Crippen LogP contribution is 2.40. The van der Waals surface area contributed by atoms with Gasteiger partial charge < -0.3 is 9.84 Å². The number of halogens is 2. The summed E-state index contributed by atoms with van der Waals surface area (Å²) in [6, 6.07) is 8.35. The molecular weight excluding hydrogens is 419 g/mol. The number of fused-ring (bicyclic) bond motifs is 1. The van der Waals surface area contributed by atoms with E-state index in [-0.39, 0.29) is 17.1 Å². The SMILES string of the molecule is CC(C)=CCCC1(C)C=Cc2c(ccc(C(=O)/C=C/c3ccc(Cl)cc3Cl)c2O)O1. The molecule has 1 heterocycles. The van der Waals surface area contributed by atoms with E-state index in [4.69, 9.17) is 27.9 Å². The lowest BCUT2D eigenvalue weighted by molar-refractivity contribution is 0.104. The summed E-state index contributed by atoms with van der Waals surface area (Å²) in [5, 5.41) is 11.6. The van der Waals surface area contributed by atoms with Crippen molar-refractivity contribution in [3.05, 3.63) is 80.9 Å². The lowest BCUT2D eigenvalue weighted by Crippen LogP contribution is -2.31. The van der Waals surface area contributed by atoms with Gasteiger partial charge in [0.1, 0.15) is 17.1 Å². The second kappa shape index (κ2) is 9.11. The van der Waals surface area contributed by atoms with Crippen molar-refractivity contribution in [1.29, 1.82) is 0 Å². The number of carbonyl (C=O) groups excluding carboxylic acids is 1. The predicted octanol–water partition coefficient (Wildman–Crippen LogP) is 7.51. The number of benzene rings is 2. The molecule has 0 spiro atoms. The van der Waals surface area contributed by atoms with E-state index in [1.807, 2.05) is 19.1 Å². The van der Waals surface area contributed by atoms with Crippen LogP contribution in [0.4, 0.5) is 0 Å². The van der Waals surface area contributed by atoms with E-state index in [0.29, 0.717) is 26.9 Å². The number of carbonyl (C=O) groups is 1. The summed E-state index contributed by atoms with van der Waals surface area (Å²) >= 11 is 12.0. The fourth-order valence-electron chi connectivity index (χ4n) is 3.26.